The molecule has 0 aliphatic rings. The topological polar surface area (TPSA) is 109 Å². The Morgan fingerprint density at radius 2 is 1.69 bits per heavy atom. The molecule has 3 heterocycles. The number of anilines is 1. The zero-order valence-corrected chi connectivity index (χ0v) is 22.5. The van der Waals surface area contributed by atoms with Crippen molar-refractivity contribution in [3.63, 3.8) is 0 Å². The highest BCUT2D eigenvalue weighted by Crippen LogP contribution is 2.30. The number of fused-ring (bicyclic) bond motifs is 1. The molecule has 8 nitrogen and oxygen atoms in total. The van der Waals surface area contributed by atoms with Gasteiger partial charge in [-0.15, -0.1) is 0 Å². The van der Waals surface area contributed by atoms with E-state index in [0.29, 0.717) is 45.7 Å². The molecule has 0 saturated carbocycles. The van der Waals surface area contributed by atoms with Gasteiger partial charge >= 0.3 is 12.1 Å². The number of pyridine rings is 1. The van der Waals surface area contributed by atoms with Crippen molar-refractivity contribution in [1.29, 1.82) is 0 Å². The lowest BCUT2D eigenvalue weighted by Gasteiger charge is -2.11. The number of allylic oxidation sites excluding steroid dienone is 1. The Morgan fingerprint density at radius 3 is 2.43 bits per heavy atom. The summed E-state index contributed by atoms with van der Waals surface area (Å²) in [6, 6.07) is 19.0. The van der Waals surface area contributed by atoms with Crippen LogP contribution in [0.2, 0.25) is 0 Å². The maximum Gasteiger partial charge on any atom is 0.433 e. The molecule has 0 radical (unpaired) electrons. The molecule has 11 heteroatoms. The number of nitrogens with one attached hydrogen (secondary N) is 1. The number of alkyl halides is 3. The molecule has 0 unspecified atom stereocenters. The highest BCUT2D eigenvalue weighted by atomic mass is 19.4. The number of rotatable bonds is 7. The third-order valence-electron chi connectivity index (χ3n) is 6.58. The Balaban J connectivity index is 1.42. The minimum atomic E-state index is -4.57. The monoisotopic (exact) mass is 571 g/mol. The number of carboxylic acid groups (broad SMARTS) is 1. The normalized spacial score (nSPS) is 12.0. The van der Waals surface area contributed by atoms with Crippen molar-refractivity contribution in [2.75, 3.05) is 5.32 Å². The van der Waals surface area contributed by atoms with E-state index in [1.165, 1.54) is 16.6 Å². The molecule has 0 atom stereocenters. The summed E-state index contributed by atoms with van der Waals surface area (Å²) < 4.78 is 40.8. The second-order valence-corrected chi connectivity index (χ2v) is 9.48. The van der Waals surface area contributed by atoms with Gasteiger partial charge in [0.05, 0.1) is 17.6 Å². The highest BCUT2D eigenvalue weighted by molar-refractivity contribution is 6.05. The third-order valence-corrected chi connectivity index (χ3v) is 6.58. The van der Waals surface area contributed by atoms with Crippen molar-refractivity contribution in [1.82, 2.24) is 19.6 Å². The summed E-state index contributed by atoms with van der Waals surface area (Å²) in [7, 11) is 0. The average molecular weight is 572 g/mol. The molecule has 0 aliphatic carbocycles. The number of aryl methyl sites for hydroxylation is 1. The summed E-state index contributed by atoms with van der Waals surface area (Å²) in [5.41, 5.74) is 4.01. The number of halogens is 3. The van der Waals surface area contributed by atoms with Gasteiger partial charge in [-0.3, -0.25) is 4.79 Å². The van der Waals surface area contributed by atoms with Crippen LogP contribution in [0.1, 0.15) is 40.5 Å². The molecule has 1 amide bonds. The summed E-state index contributed by atoms with van der Waals surface area (Å²) in [4.78, 5) is 32.6. The van der Waals surface area contributed by atoms with Gasteiger partial charge in [0.25, 0.3) is 5.91 Å². The molecule has 212 valence electrons. The predicted molar refractivity (Wildman–Crippen MR) is 152 cm³/mol. The van der Waals surface area contributed by atoms with E-state index in [4.69, 9.17) is 5.11 Å². The number of carboxylic acids is 1. The Hall–Kier alpha value is -5.32. The van der Waals surface area contributed by atoms with Crippen molar-refractivity contribution in [2.24, 2.45) is 0 Å². The number of aliphatic carboxylic acids is 1. The summed E-state index contributed by atoms with van der Waals surface area (Å²) >= 11 is 0. The van der Waals surface area contributed by atoms with Gasteiger partial charge < -0.3 is 10.4 Å². The van der Waals surface area contributed by atoms with Crippen molar-refractivity contribution < 1.29 is 27.9 Å². The molecule has 42 heavy (non-hydrogen) atoms. The fraction of sp³-hybridized carbons (Fsp3) is 0.129. The van der Waals surface area contributed by atoms with E-state index < -0.39 is 17.8 Å². The number of carbonyl (C=O) groups is 2. The van der Waals surface area contributed by atoms with Crippen LogP contribution in [0.3, 0.4) is 0 Å². The molecular weight excluding hydrogens is 547 g/mol. The van der Waals surface area contributed by atoms with E-state index in [-0.39, 0.29) is 17.3 Å². The molecule has 2 N–H and O–H groups in total. The number of hydrogen-bond donors (Lipinski definition) is 2. The van der Waals surface area contributed by atoms with Crippen molar-refractivity contribution in [3.05, 3.63) is 107 Å². The summed E-state index contributed by atoms with van der Waals surface area (Å²) in [5, 5.41) is 16.5. The molecule has 0 aliphatic heterocycles. The van der Waals surface area contributed by atoms with Gasteiger partial charge in [-0.05, 0) is 72.5 Å². The molecule has 0 saturated heterocycles. The van der Waals surface area contributed by atoms with Crippen LogP contribution in [0.25, 0.3) is 33.9 Å². The van der Waals surface area contributed by atoms with Gasteiger partial charge in [-0.2, -0.15) is 18.3 Å². The highest BCUT2D eigenvalue weighted by Gasteiger charge is 2.32. The average Bonchev–Trinajstić information content (AvgIpc) is 3.40. The standard InChI is InChI=1S/C31H24F3N5O3/c1-3-19(16-29(40)41)20-6-4-7-22(14-20)30(42)37-25-15-21(11-10-18(25)2)26-17-39-28(36-26)13-12-24(38-39)23-8-5-9-27(35-23)31(32,33)34/h4-17H,3H2,1-2H3,(H,37,42)(H,40,41). The van der Waals surface area contributed by atoms with Gasteiger partial charge in [-0.1, -0.05) is 37.3 Å². The Morgan fingerprint density at radius 1 is 0.929 bits per heavy atom. The number of benzene rings is 2. The molecule has 0 fully saturated rings. The fourth-order valence-corrected chi connectivity index (χ4v) is 4.40. The smallest absolute Gasteiger partial charge is 0.433 e. The van der Waals surface area contributed by atoms with Crippen LogP contribution >= 0.6 is 0 Å². The Kier molecular flexibility index (Phi) is 7.58. The first-order valence-electron chi connectivity index (χ1n) is 12.9. The van der Waals surface area contributed by atoms with Gasteiger partial charge in [0, 0.05) is 22.9 Å². The molecule has 3 aromatic heterocycles. The minimum absolute atomic E-state index is 0.0795. The Labute approximate surface area is 238 Å². The zero-order chi connectivity index (χ0) is 30.0. The molecular formula is C31H24F3N5O3. The second-order valence-electron chi connectivity index (χ2n) is 9.48. The lowest BCUT2D eigenvalue weighted by Crippen LogP contribution is -2.13. The number of carbonyl (C=O) groups excluding carboxylic acids is 1. The number of aromatic nitrogens is 4. The van der Waals surface area contributed by atoms with E-state index in [1.807, 2.05) is 26.0 Å². The summed E-state index contributed by atoms with van der Waals surface area (Å²) in [6.45, 7) is 3.69. The van der Waals surface area contributed by atoms with E-state index in [2.05, 4.69) is 20.4 Å². The third kappa shape index (κ3) is 6.04. The molecule has 5 rings (SSSR count). The van der Waals surface area contributed by atoms with Gasteiger partial charge in [-0.25, -0.2) is 19.3 Å². The lowest BCUT2D eigenvalue weighted by molar-refractivity contribution is -0.141. The first-order valence-corrected chi connectivity index (χ1v) is 12.9. The van der Waals surface area contributed by atoms with Crippen LogP contribution < -0.4 is 5.32 Å². The summed E-state index contributed by atoms with van der Waals surface area (Å²) in [6.07, 6.45) is -1.30. The maximum absolute atomic E-state index is 13.1. The van der Waals surface area contributed by atoms with Crippen LogP contribution in [0, 0.1) is 6.92 Å². The van der Waals surface area contributed by atoms with Crippen LogP contribution in [0.5, 0.6) is 0 Å². The van der Waals surface area contributed by atoms with Crippen molar-refractivity contribution in [2.45, 2.75) is 26.4 Å². The van der Waals surface area contributed by atoms with Crippen LogP contribution in [-0.2, 0) is 11.0 Å². The fourth-order valence-electron chi connectivity index (χ4n) is 4.40. The first kappa shape index (κ1) is 28.2. The zero-order valence-electron chi connectivity index (χ0n) is 22.5. The van der Waals surface area contributed by atoms with E-state index >= 15 is 0 Å². The molecule has 5 aromatic rings. The predicted octanol–water partition coefficient (Wildman–Crippen LogP) is 6.92. The number of imidazole rings is 1. The lowest BCUT2D eigenvalue weighted by atomic mass is 10.0. The molecule has 0 bridgehead atoms. The van der Waals surface area contributed by atoms with Gasteiger partial charge in [0.2, 0.25) is 0 Å². The largest absolute Gasteiger partial charge is 0.478 e. The van der Waals surface area contributed by atoms with Crippen molar-refractivity contribution >= 4 is 28.8 Å². The van der Waals surface area contributed by atoms with Gasteiger partial charge in [0.1, 0.15) is 11.4 Å². The molecule has 2 aromatic carbocycles. The minimum Gasteiger partial charge on any atom is -0.478 e. The van der Waals surface area contributed by atoms with Crippen LogP contribution in [0.4, 0.5) is 18.9 Å². The number of nitrogens with zero attached hydrogens (tertiary/aromatic N) is 4. The van der Waals surface area contributed by atoms with Crippen molar-refractivity contribution in [3.8, 4) is 22.6 Å². The van der Waals surface area contributed by atoms with E-state index in [1.54, 1.807) is 48.7 Å². The summed E-state index contributed by atoms with van der Waals surface area (Å²) in [5.74, 6) is -1.42. The number of hydrogen-bond acceptors (Lipinski definition) is 5. The SMILES string of the molecule is CCC(=CC(=O)O)c1cccc(C(=O)Nc2cc(-c3cn4nc(-c5cccc(C(F)(F)F)n5)ccc4n3)ccc2C)c1. The Bertz CT molecular complexity index is 1860. The van der Waals surface area contributed by atoms with E-state index in [9.17, 15) is 22.8 Å². The first-order chi connectivity index (χ1) is 20.0. The maximum atomic E-state index is 13.1. The van der Waals surface area contributed by atoms with Gasteiger partial charge in [0.15, 0.2) is 5.65 Å². The second kappa shape index (κ2) is 11.3. The van der Waals surface area contributed by atoms with Crippen LogP contribution in [-0.4, -0.2) is 36.6 Å². The molecule has 0 spiro atoms. The van der Waals surface area contributed by atoms with Crippen LogP contribution in [0.15, 0.2) is 85.1 Å². The number of amides is 1. The van der Waals surface area contributed by atoms with E-state index in [0.717, 1.165) is 17.7 Å². The quantitative estimate of drug-likeness (QED) is 0.205.